The number of benzene rings is 2. The molecule has 1 N–H and O–H groups in total. The molecule has 2 heterocycles. The second kappa shape index (κ2) is 7.31. The molecule has 0 saturated carbocycles. The molecule has 2 aromatic carbocycles. The van der Waals surface area contributed by atoms with Crippen molar-refractivity contribution < 1.29 is 13.9 Å². The summed E-state index contributed by atoms with van der Waals surface area (Å²) < 4.78 is 19.2. The van der Waals surface area contributed by atoms with Crippen molar-refractivity contribution in [2.75, 3.05) is 38.2 Å². The Morgan fingerprint density at radius 3 is 2.67 bits per heavy atom. The molecule has 5 nitrogen and oxygen atoms in total. The van der Waals surface area contributed by atoms with Gasteiger partial charge in [0.05, 0.1) is 19.2 Å². The molecule has 0 spiro atoms. The summed E-state index contributed by atoms with van der Waals surface area (Å²) in [6, 6.07) is 12.6. The molecule has 1 aromatic heterocycles. The first-order chi connectivity index (χ1) is 13.2. The number of methoxy groups -OCH3 is 1. The molecule has 1 amide bonds. The molecule has 6 heteroatoms. The van der Waals surface area contributed by atoms with Gasteiger partial charge in [-0.05, 0) is 35.9 Å². The third-order valence-electron chi connectivity index (χ3n) is 5.14. The van der Waals surface area contributed by atoms with Crippen LogP contribution < -0.4 is 9.64 Å². The van der Waals surface area contributed by atoms with Gasteiger partial charge in [-0.15, -0.1) is 0 Å². The molecule has 1 aliphatic rings. The molecule has 140 valence electrons. The number of hydrogen-bond donors (Lipinski definition) is 1. The first-order valence-corrected chi connectivity index (χ1v) is 9.07. The lowest BCUT2D eigenvalue weighted by molar-refractivity contribution is -0.130. The first kappa shape index (κ1) is 17.4. The molecule has 27 heavy (non-hydrogen) atoms. The van der Waals surface area contributed by atoms with E-state index in [2.05, 4.69) is 4.98 Å². The Hall–Kier alpha value is -3.02. The van der Waals surface area contributed by atoms with Crippen molar-refractivity contribution in [3.8, 4) is 5.75 Å². The summed E-state index contributed by atoms with van der Waals surface area (Å²) in [7, 11) is 1.63. The van der Waals surface area contributed by atoms with Crippen molar-refractivity contribution in [3.63, 3.8) is 0 Å². The average molecular weight is 367 g/mol. The maximum absolute atomic E-state index is 14.0. The standard InChI is InChI=1S/C21H22FN3O2/c1-27-16-6-7-19-17(13-16)15(14-23-19)12-21(26)25-10-8-24(9-11-25)20-5-3-2-4-18(20)22/h2-7,13-14,23H,8-12H2,1H3. The Morgan fingerprint density at radius 1 is 1.15 bits per heavy atom. The van der Waals surface area contributed by atoms with E-state index >= 15 is 0 Å². The number of fused-ring (bicyclic) bond motifs is 1. The average Bonchev–Trinajstić information content (AvgIpc) is 3.10. The van der Waals surface area contributed by atoms with Crippen molar-refractivity contribution in [2.45, 2.75) is 6.42 Å². The van der Waals surface area contributed by atoms with Gasteiger partial charge in [-0.2, -0.15) is 0 Å². The van der Waals surface area contributed by atoms with E-state index in [0.29, 0.717) is 38.3 Å². The summed E-state index contributed by atoms with van der Waals surface area (Å²) in [5.41, 5.74) is 2.56. The molecule has 0 atom stereocenters. The molecule has 0 radical (unpaired) electrons. The third kappa shape index (κ3) is 3.47. The summed E-state index contributed by atoms with van der Waals surface area (Å²) in [4.78, 5) is 19.8. The largest absolute Gasteiger partial charge is 0.497 e. The van der Waals surface area contributed by atoms with Gasteiger partial charge in [0.15, 0.2) is 0 Å². The number of anilines is 1. The summed E-state index contributed by atoms with van der Waals surface area (Å²) >= 11 is 0. The quantitative estimate of drug-likeness (QED) is 0.770. The van der Waals surface area contributed by atoms with Crippen LogP contribution in [0, 0.1) is 5.82 Å². The summed E-state index contributed by atoms with van der Waals surface area (Å²) in [5, 5.41) is 1.01. The van der Waals surface area contributed by atoms with Crippen LogP contribution in [0.2, 0.25) is 0 Å². The fourth-order valence-corrected chi connectivity index (χ4v) is 3.61. The van der Waals surface area contributed by atoms with E-state index < -0.39 is 0 Å². The van der Waals surface area contributed by atoms with Crippen LogP contribution >= 0.6 is 0 Å². The van der Waals surface area contributed by atoms with Crippen LogP contribution in [0.25, 0.3) is 10.9 Å². The highest BCUT2D eigenvalue weighted by Gasteiger charge is 2.23. The second-order valence-corrected chi connectivity index (χ2v) is 6.72. The Balaban J connectivity index is 1.42. The van der Waals surface area contributed by atoms with Crippen molar-refractivity contribution in [2.24, 2.45) is 0 Å². The number of piperazine rings is 1. The van der Waals surface area contributed by atoms with Crippen LogP contribution in [0.3, 0.4) is 0 Å². The lowest BCUT2D eigenvalue weighted by Crippen LogP contribution is -2.49. The van der Waals surface area contributed by atoms with Crippen LogP contribution in [0.5, 0.6) is 5.75 Å². The highest BCUT2D eigenvalue weighted by molar-refractivity contribution is 5.89. The number of rotatable bonds is 4. The summed E-state index contributed by atoms with van der Waals surface area (Å²) in [6.07, 6.45) is 2.23. The smallest absolute Gasteiger partial charge is 0.227 e. The summed E-state index contributed by atoms with van der Waals surface area (Å²) in [6.45, 7) is 2.46. The minimum Gasteiger partial charge on any atom is -0.497 e. The van der Waals surface area contributed by atoms with Crippen LogP contribution in [0.15, 0.2) is 48.7 Å². The van der Waals surface area contributed by atoms with Crippen molar-refractivity contribution in [3.05, 3.63) is 60.0 Å². The molecular formula is C21H22FN3O2. The number of para-hydroxylation sites is 1. The number of aromatic nitrogens is 1. The van der Waals surface area contributed by atoms with E-state index in [4.69, 9.17) is 4.74 Å². The predicted molar refractivity (Wildman–Crippen MR) is 104 cm³/mol. The van der Waals surface area contributed by atoms with E-state index in [9.17, 15) is 9.18 Å². The first-order valence-electron chi connectivity index (χ1n) is 9.07. The maximum Gasteiger partial charge on any atom is 0.227 e. The monoisotopic (exact) mass is 367 g/mol. The predicted octanol–water partition coefficient (Wildman–Crippen LogP) is 3.21. The number of nitrogens with zero attached hydrogens (tertiary/aromatic N) is 2. The number of carbonyl (C=O) groups excluding carboxylic acids is 1. The molecule has 4 rings (SSSR count). The Labute approximate surface area is 157 Å². The zero-order chi connectivity index (χ0) is 18.8. The number of H-pyrrole nitrogens is 1. The lowest BCUT2D eigenvalue weighted by Gasteiger charge is -2.36. The van der Waals surface area contributed by atoms with Crippen molar-refractivity contribution in [1.82, 2.24) is 9.88 Å². The highest BCUT2D eigenvalue weighted by atomic mass is 19.1. The molecule has 0 bridgehead atoms. The number of halogens is 1. The second-order valence-electron chi connectivity index (χ2n) is 6.72. The van der Waals surface area contributed by atoms with Crippen LogP contribution in [-0.2, 0) is 11.2 Å². The summed E-state index contributed by atoms with van der Waals surface area (Å²) in [5.74, 6) is 0.645. The van der Waals surface area contributed by atoms with Gasteiger partial charge in [-0.25, -0.2) is 4.39 Å². The van der Waals surface area contributed by atoms with Gasteiger partial charge in [0.2, 0.25) is 5.91 Å². The van der Waals surface area contributed by atoms with Crippen LogP contribution in [-0.4, -0.2) is 49.1 Å². The van der Waals surface area contributed by atoms with Gasteiger partial charge in [0.1, 0.15) is 11.6 Å². The van der Waals surface area contributed by atoms with Crippen LogP contribution in [0.4, 0.5) is 10.1 Å². The zero-order valence-corrected chi connectivity index (χ0v) is 15.2. The normalized spacial score (nSPS) is 14.6. The zero-order valence-electron chi connectivity index (χ0n) is 15.2. The van der Waals surface area contributed by atoms with Crippen molar-refractivity contribution in [1.29, 1.82) is 0 Å². The minimum absolute atomic E-state index is 0.0897. The molecule has 1 fully saturated rings. The fraction of sp³-hybridized carbons (Fsp3) is 0.286. The van der Waals surface area contributed by atoms with Gasteiger partial charge >= 0.3 is 0 Å². The Morgan fingerprint density at radius 2 is 1.93 bits per heavy atom. The minimum atomic E-state index is -0.218. The number of ether oxygens (including phenoxy) is 1. The molecule has 1 aliphatic heterocycles. The molecule has 0 unspecified atom stereocenters. The fourth-order valence-electron chi connectivity index (χ4n) is 3.61. The van der Waals surface area contributed by atoms with Gasteiger partial charge in [0, 0.05) is 43.3 Å². The third-order valence-corrected chi connectivity index (χ3v) is 5.14. The number of carbonyl (C=O) groups is 1. The molecule has 1 saturated heterocycles. The van der Waals surface area contributed by atoms with Crippen LogP contribution in [0.1, 0.15) is 5.56 Å². The maximum atomic E-state index is 14.0. The topological polar surface area (TPSA) is 48.6 Å². The number of hydrogen-bond acceptors (Lipinski definition) is 3. The molecule has 3 aromatic rings. The van der Waals surface area contributed by atoms with E-state index in [1.54, 1.807) is 19.2 Å². The van der Waals surface area contributed by atoms with E-state index in [1.807, 2.05) is 40.3 Å². The number of amides is 1. The van der Waals surface area contributed by atoms with Crippen molar-refractivity contribution >= 4 is 22.5 Å². The number of nitrogens with one attached hydrogen (secondary N) is 1. The van der Waals surface area contributed by atoms with Gasteiger partial charge < -0.3 is 19.5 Å². The number of aromatic amines is 1. The van der Waals surface area contributed by atoms with E-state index in [1.165, 1.54) is 6.07 Å². The molecular weight excluding hydrogens is 345 g/mol. The van der Waals surface area contributed by atoms with Gasteiger partial charge in [-0.1, -0.05) is 12.1 Å². The molecule has 0 aliphatic carbocycles. The van der Waals surface area contributed by atoms with Gasteiger partial charge in [0.25, 0.3) is 0 Å². The van der Waals surface area contributed by atoms with E-state index in [0.717, 1.165) is 22.2 Å². The highest BCUT2D eigenvalue weighted by Crippen LogP contribution is 2.25. The van der Waals surface area contributed by atoms with Gasteiger partial charge in [-0.3, -0.25) is 4.79 Å². The van der Waals surface area contributed by atoms with E-state index in [-0.39, 0.29) is 11.7 Å². The SMILES string of the molecule is COc1ccc2[nH]cc(CC(=O)N3CCN(c4ccccc4F)CC3)c2c1. The lowest BCUT2D eigenvalue weighted by atomic mass is 10.1. The Kier molecular flexibility index (Phi) is 4.71. The Bertz CT molecular complexity index is 961.